The minimum Gasteiger partial charge on any atom is -0.478 e. The molecule has 2 N–H and O–H groups in total. The predicted octanol–water partition coefficient (Wildman–Crippen LogP) is 1.93. The van der Waals surface area contributed by atoms with Gasteiger partial charge in [0.05, 0.1) is 45.0 Å². The molecule has 0 unspecified atom stereocenters. The number of hydrogen-bond donors (Lipinski definition) is 2. The Bertz CT molecular complexity index is 1240. The van der Waals surface area contributed by atoms with Crippen molar-refractivity contribution in [3.63, 3.8) is 0 Å². The lowest BCUT2D eigenvalue weighted by Gasteiger charge is -2.31. The van der Waals surface area contributed by atoms with Crippen LogP contribution >= 0.6 is 11.6 Å². The molecule has 3 rings (SSSR count). The van der Waals surface area contributed by atoms with E-state index in [-0.39, 0.29) is 26.1 Å². The standard InChI is InChI=1S/C19H22ClN3O7S2/c1-22(2)32(28,29)14-4-6-18(23-7-9-30-10-8-23)17(12-14)21-31(26,27)13-3-5-16(20)15(11-13)19(24)25/h3-6,11-12,21H,7-10H2,1-2H3,(H,24,25). The predicted molar refractivity (Wildman–Crippen MR) is 120 cm³/mol. The van der Waals surface area contributed by atoms with Crippen molar-refractivity contribution in [2.45, 2.75) is 9.79 Å². The molecule has 2 aromatic rings. The molecule has 1 aliphatic rings. The Hall–Kier alpha value is -2.38. The van der Waals surface area contributed by atoms with E-state index in [2.05, 4.69) is 4.72 Å². The molecule has 1 heterocycles. The molecule has 0 aliphatic carbocycles. The average molecular weight is 504 g/mol. The summed E-state index contributed by atoms with van der Waals surface area (Å²) in [7, 11) is -5.36. The molecule has 0 aromatic heterocycles. The number of carboxylic acids is 1. The van der Waals surface area contributed by atoms with Crippen LogP contribution < -0.4 is 9.62 Å². The van der Waals surface area contributed by atoms with E-state index in [0.29, 0.717) is 32.0 Å². The summed E-state index contributed by atoms with van der Waals surface area (Å²) in [4.78, 5) is 12.8. The highest BCUT2D eigenvalue weighted by atomic mass is 35.5. The zero-order valence-electron chi connectivity index (χ0n) is 17.3. The Morgan fingerprint density at radius 2 is 1.69 bits per heavy atom. The van der Waals surface area contributed by atoms with Crippen molar-refractivity contribution in [1.82, 2.24) is 4.31 Å². The molecule has 174 valence electrons. The number of sulfonamides is 2. The molecule has 10 nitrogen and oxygen atoms in total. The maximum Gasteiger partial charge on any atom is 0.337 e. The van der Waals surface area contributed by atoms with Crippen LogP contribution in [0.3, 0.4) is 0 Å². The fourth-order valence-electron chi connectivity index (χ4n) is 3.09. The van der Waals surface area contributed by atoms with E-state index in [1.807, 2.05) is 4.90 Å². The number of nitrogens with zero attached hydrogens (tertiary/aromatic N) is 2. The van der Waals surface area contributed by atoms with Crippen molar-refractivity contribution in [2.24, 2.45) is 0 Å². The van der Waals surface area contributed by atoms with Crippen molar-refractivity contribution >= 4 is 49.0 Å². The summed E-state index contributed by atoms with van der Waals surface area (Å²) in [5, 5.41) is 9.14. The van der Waals surface area contributed by atoms with Gasteiger partial charge in [0.15, 0.2) is 0 Å². The summed E-state index contributed by atoms with van der Waals surface area (Å²) < 4.78 is 60.1. The van der Waals surface area contributed by atoms with E-state index in [0.717, 1.165) is 10.4 Å². The molecule has 1 fully saturated rings. The van der Waals surface area contributed by atoms with Crippen LogP contribution in [0.4, 0.5) is 11.4 Å². The number of carbonyl (C=O) groups is 1. The molecule has 2 aromatic carbocycles. The number of ether oxygens (including phenoxy) is 1. The maximum atomic E-state index is 13.1. The van der Waals surface area contributed by atoms with Gasteiger partial charge >= 0.3 is 5.97 Å². The lowest BCUT2D eigenvalue weighted by Crippen LogP contribution is -2.37. The first kappa shape index (κ1) is 24.3. The molecule has 1 saturated heterocycles. The van der Waals surface area contributed by atoms with Crippen LogP contribution in [0.5, 0.6) is 0 Å². The van der Waals surface area contributed by atoms with Gasteiger partial charge in [0.2, 0.25) is 10.0 Å². The third-order valence-corrected chi connectivity index (χ3v) is 8.33. The molecular weight excluding hydrogens is 482 g/mol. The number of rotatable bonds is 7. The Morgan fingerprint density at radius 1 is 1.06 bits per heavy atom. The molecule has 0 radical (unpaired) electrons. The van der Waals surface area contributed by atoms with Gasteiger partial charge < -0.3 is 14.7 Å². The van der Waals surface area contributed by atoms with Gasteiger partial charge in [0, 0.05) is 27.2 Å². The van der Waals surface area contributed by atoms with Gasteiger partial charge in [-0.1, -0.05) is 11.6 Å². The second-order valence-electron chi connectivity index (χ2n) is 7.12. The first-order chi connectivity index (χ1) is 14.9. The molecule has 0 amide bonds. The van der Waals surface area contributed by atoms with Crippen molar-refractivity contribution in [1.29, 1.82) is 0 Å². The van der Waals surface area contributed by atoms with Crippen LogP contribution in [0.1, 0.15) is 10.4 Å². The smallest absolute Gasteiger partial charge is 0.337 e. The average Bonchev–Trinajstić information content (AvgIpc) is 2.73. The summed E-state index contributed by atoms with van der Waals surface area (Å²) in [6.45, 7) is 1.84. The highest BCUT2D eigenvalue weighted by Gasteiger charge is 2.25. The van der Waals surface area contributed by atoms with E-state index in [9.17, 15) is 26.7 Å². The van der Waals surface area contributed by atoms with Gasteiger partial charge in [0.1, 0.15) is 0 Å². The molecule has 13 heteroatoms. The van der Waals surface area contributed by atoms with Crippen LogP contribution in [-0.2, 0) is 24.8 Å². The Kier molecular flexibility index (Phi) is 7.00. The Labute approximate surface area is 191 Å². The number of halogens is 1. The fraction of sp³-hybridized carbons (Fsp3) is 0.316. The summed E-state index contributed by atoms with van der Waals surface area (Å²) in [6.07, 6.45) is 0. The van der Waals surface area contributed by atoms with Crippen molar-refractivity contribution in [3.8, 4) is 0 Å². The van der Waals surface area contributed by atoms with E-state index >= 15 is 0 Å². The third-order valence-electron chi connectivity index (χ3n) is 4.82. The van der Waals surface area contributed by atoms with Crippen LogP contribution in [-0.4, -0.2) is 72.6 Å². The van der Waals surface area contributed by atoms with E-state index < -0.39 is 26.0 Å². The van der Waals surface area contributed by atoms with E-state index in [4.69, 9.17) is 16.3 Å². The lowest BCUT2D eigenvalue weighted by atomic mass is 10.2. The maximum absolute atomic E-state index is 13.1. The molecule has 0 spiro atoms. The number of nitrogens with one attached hydrogen (secondary N) is 1. The second-order valence-corrected chi connectivity index (χ2v) is 11.4. The molecule has 0 atom stereocenters. The van der Waals surface area contributed by atoms with E-state index in [1.54, 1.807) is 0 Å². The van der Waals surface area contributed by atoms with Crippen LogP contribution in [0.25, 0.3) is 0 Å². The van der Waals surface area contributed by atoms with Gasteiger partial charge in [-0.05, 0) is 36.4 Å². The Morgan fingerprint density at radius 3 is 2.28 bits per heavy atom. The number of aromatic carboxylic acids is 1. The highest BCUT2D eigenvalue weighted by Crippen LogP contribution is 2.32. The second kappa shape index (κ2) is 9.24. The van der Waals surface area contributed by atoms with Crippen LogP contribution in [0, 0.1) is 0 Å². The number of carboxylic acid groups (broad SMARTS) is 1. The fourth-order valence-corrected chi connectivity index (χ4v) is 5.31. The Balaban J connectivity index is 2.09. The summed E-state index contributed by atoms with van der Waals surface area (Å²) in [5.74, 6) is -1.37. The largest absolute Gasteiger partial charge is 0.478 e. The van der Waals surface area contributed by atoms with Crippen molar-refractivity contribution in [3.05, 3.63) is 47.0 Å². The monoisotopic (exact) mass is 503 g/mol. The van der Waals surface area contributed by atoms with Crippen molar-refractivity contribution < 1.29 is 31.5 Å². The third kappa shape index (κ3) is 4.99. The summed E-state index contributed by atoms with van der Waals surface area (Å²) >= 11 is 5.84. The minimum atomic E-state index is -4.27. The first-order valence-electron chi connectivity index (χ1n) is 9.38. The molecule has 0 saturated carbocycles. The topological polar surface area (TPSA) is 133 Å². The van der Waals surface area contributed by atoms with E-state index in [1.165, 1.54) is 44.4 Å². The molecule has 32 heavy (non-hydrogen) atoms. The summed E-state index contributed by atoms with van der Waals surface area (Å²) in [6, 6.07) is 7.47. The van der Waals surface area contributed by atoms with Gasteiger partial charge in [0.25, 0.3) is 10.0 Å². The normalized spacial score (nSPS) is 15.1. The first-order valence-corrected chi connectivity index (χ1v) is 12.7. The molecular formula is C19H22ClN3O7S2. The lowest BCUT2D eigenvalue weighted by molar-refractivity contribution is 0.0696. The minimum absolute atomic E-state index is 0.0432. The number of benzene rings is 2. The van der Waals surface area contributed by atoms with Gasteiger partial charge in [-0.25, -0.2) is 25.9 Å². The SMILES string of the molecule is CN(C)S(=O)(=O)c1ccc(N2CCOCC2)c(NS(=O)(=O)c2ccc(Cl)c(C(=O)O)c2)c1. The molecule has 0 bridgehead atoms. The number of anilines is 2. The van der Waals surface area contributed by atoms with Crippen molar-refractivity contribution in [2.75, 3.05) is 50.0 Å². The zero-order chi connectivity index (χ0) is 23.7. The number of morpholine rings is 1. The quantitative estimate of drug-likeness (QED) is 0.585. The highest BCUT2D eigenvalue weighted by molar-refractivity contribution is 7.92. The van der Waals surface area contributed by atoms with Gasteiger partial charge in [-0.2, -0.15) is 0 Å². The van der Waals surface area contributed by atoms with Gasteiger partial charge in [-0.15, -0.1) is 0 Å². The van der Waals surface area contributed by atoms with Crippen LogP contribution in [0.2, 0.25) is 5.02 Å². The zero-order valence-corrected chi connectivity index (χ0v) is 19.7. The van der Waals surface area contributed by atoms with Crippen LogP contribution in [0.15, 0.2) is 46.2 Å². The van der Waals surface area contributed by atoms with Gasteiger partial charge in [-0.3, -0.25) is 4.72 Å². The number of hydrogen-bond acceptors (Lipinski definition) is 7. The molecule has 1 aliphatic heterocycles. The summed E-state index contributed by atoms with van der Waals surface area (Å²) in [5.41, 5.74) is 0.149.